The lowest BCUT2D eigenvalue weighted by atomic mass is 10.0. The predicted octanol–water partition coefficient (Wildman–Crippen LogP) is 16.2. The summed E-state index contributed by atoms with van der Waals surface area (Å²) in [7, 11) is 0. The van der Waals surface area contributed by atoms with Crippen molar-refractivity contribution in [1.29, 1.82) is 0 Å². The lowest BCUT2D eigenvalue weighted by Crippen LogP contribution is -2.37. The molecule has 2 nitrogen and oxygen atoms in total. The van der Waals surface area contributed by atoms with Crippen LogP contribution in [0.2, 0.25) is 0 Å². The molecule has 0 aliphatic rings. The molecule has 1 aromatic rings. The van der Waals surface area contributed by atoms with Crippen molar-refractivity contribution in [2.24, 2.45) is 0 Å². The van der Waals surface area contributed by atoms with E-state index in [1.165, 1.54) is 264 Å². The van der Waals surface area contributed by atoms with Crippen molar-refractivity contribution < 1.29 is 4.57 Å². The molecule has 1 heterocycles. The first kappa shape index (κ1) is 46.2. The largest absolute Gasteiger partial charge is 0.256 e. The van der Waals surface area contributed by atoms with Gasteiger partial charge in [-0.2, -0.15) is 0 Å². The van der Waals surface area contributed by atoms with Crippen LogP contribution < -0.4 is 4.57 Å². The number of hydrogen-bond acceptors (Lipinski definition) is 0. The van der Waals surface area contributed by atoms with E-state index in [0.29, 0.717) is 0 Å². The molecule has 0 bridgehead atoms. The fourth-order valence-corrected chi connectivity index (χ4v) is 7.92. The van der Waals surface area contributed by atoms with E-state index >= 15 is 0 Å². The second kappa shape index (κ2) is 38.4. The maximum atomic E-state index is 2.65. The SMILES string of the molecule is CCCCCCCCCCCCCCCCCCc1n(CCCCCCCCC)cc[n+]1CCCCCCCCCCCCCCCCC. The predicted molar refractivity (Wildman–Crippen MR) is 221 cm³/mol. The molecule has 290 valence electrons. The number of aromatic nitrogens is 2. The van der Waals surface area contributed by atoms with Crippen LogP contribution in [-0.4, -0.2) is 4.57 Å². The Morgan fingerprint density at radius 2 is 0.633 bits per heavy atom. The molecule has 0 N–H and O–H groups in total. The average Bonchev–Trinajstić information content (AvgIpc) is 3.50. The number of unbranched alkanes of at least 4 members (excludes halogenated alkanes) is 35. The van der Waals surface area contributed by atoms with Crippen LogP contribution in [-0.2, 0) is 19.5 Å². The second-order valence-corrected chi connectivity index (χ2v) is 16.2. The van der Waals surface area contributed by atoms with Crippen LogP contribution >= 0.6 is 0 Å². The molecule has 1 aromatic heterocycles. The van der Waals surface area contributed by atoms with Gasteiger partial charge in [-0.15, -0.1) is 0 Å². The highest BCUT2D eigenvalue weighted by molar-refractivity contribution is 4.84. The van der Waals surface area contributed by atoms with Gasteiger partial charge < -0.3 is 0 Å². The minimum absolute atomic E-state index is 1.23. The van der Waals surface area contributed by atoms with Gasteiger partial charge in [0.05, 0.1) is 13.1 Å². The van der Waals surface area contributed by atoms with E-state index < -0.39 is 0 Å². The van der Waals surface area contributed by atoms with Gasteiger partial charge in [0.1, 0.15) is 12.4 Å². The number of aryl methyl sites for hydroxylation is 2. The highest BCUT2D eigenvalue weighted by atomic mass is 15.1. The maximum Gasteiger partial charge on any atom is 0.256 e. The summed E-state index contributed by atoms with van der Waals surface area (Å²) in [6.07, 6.45) is 60.8. The summed E-state index contributed by atoms with van der Waals surface area (Å²) < 4.78 is 5.29. The lowest BCUT2D eigenvalue weighted by molar-refractivity contribution is -0.704. The summed E-state index contributed by atoms with van der Waals surface area (Å²) in [6.45, 7) is 9.41. The molecule has 0 unspecified atom stereocenters. The Morgan fingerprint density at radius 3 is 0.980 bits per heavy atom. The standard InChI is InChI=1S/C47H93N2/c1-4-7-10-13-16-18-20-22-24-25-27-29-31-33-36-39-42-47-48(43-40-37-34-15-12-9-6-3)45-46-49(47)44-41-38-35-32-30-28-26-23-21-19-17-14-11-8-5-2/h45-46H,4-44H2,1-3H3/q+1. The van der Waals surface area contributed by atoms with Crippen molar-refractivity contribution in [2.75, 3.05) is 0 Å². The summed E-state index contributed by atoms with van der Waals surface area (Å²) in [4.78, 5) is 0. The smallest absolute Gasteiger partial charge is 0.234 e. The zero-order valence-electron chi connectivity index (χ0n) is 34.5. The van der Waals surface area contributed by atoms with E-state index in [1.54, 1.807) is 5.82 Å². The van der Waals surface area contributed by atoms with Crippen molar-refractivity contribution in [3.8, 4) is 0 Å². The summed E-state index contributed by atoms with van der Waals surface area (Å²) in [5, 5.41) is 0. The summed E-state index contributed by atoms with van der Waals surface area (Å²) in [5.41, 5.74) is 0. The molecule has 0 atom stereocenters. The molecule has 0 saturated carbocycles. The van der Waals surface area contributed by atoms with E-state index in [-0.39, 0.29) is 0 Å². The van der Waals surface area contributed by atoms with Crippen LogP contribution in [0.25, 0.3) is 0 Å². The molecule has 0 aliphatic heterocycles. The third kappa shape index (κ3) is 30.5. The zero-order valence-corrected chi connectivity index (χ0v) is 34.5. The van der Waals surface area contributed by atoms with Crippen LogP contribution in [0.5, 0.6) is 0 Å². The number of nitrogens with zero attached hydrogens (tertiary/aromatic N) is 2. The normalized spacial score (nSPS) is 11.7. The van der Waals surface area contributed by atoms with Gasteiger partial charge in [0.15, 0.2) is 0 Å². The Balaban J connectivity index is 2.20. The van der Waals surface area contributed by atoms with Gasteiger partial charge in [-0.3, -0.25) is 0 Å². The van der Waals surface area contributed by atoms with Gasteiger partial charge in [0.25, 0.3) is 5.82 Å². The molecule has 0 fully saturated rings. The summed E-state index contributed by atoms with van der Waals surface area (Å²) in [6, 6.07) is 0. The van der Waals surface area contributed by atoms with Crippen molar-refractivity contribution in [3.63, 3.8) is 0 Å². The number of imidazole rings is 1. The van der Waals surface area contributed by atoms with Gasteiger partial charge in [-0.25, -0.2) is 9.13 Å². The van der Waals surface area contributed by atoms with Crippen molar-refractivity contribution >= 4 is 0 Å². The van der Waals surface area contributed by atoms with E-state index in [4.69, 9.17) is 0 Å². The number of rotatable bonds is 41. The topological polar surface area (TPSA) is 8.81 Å². The van der Waals surface area contributed by atoms with Crippen molar-refractivity contribution in [3.05, 3.63) is 18.2 Å². The Hall–Kier alpha value is -0.790. The molecule has 0 aromatic carbocycles. The molecule has 49 heavy (non-hydrogen) atoms. The third-order valence-electron chi connectivity index (χ3n) is 11.3. The van der Waals surface area contributed by atoms with E-state index in [0.717, 1.165) is 0 Å². The first-order valence-corrected chi connectivity index (χ1v) is 23.4. The van der Waals surface area contributed by atoms with Gasteiger partial charge in [-0.1, -0.05) is 233 Å². The molecule has 1 rings (SSSR count). The van der Waals surface area contributed by atoms with Crippen molar-refractivity contribution in [1.82, 2.24) is 4.57 Å². The maximum absolute atomic E-state index is 2.65. The van der Waals surface area contributed by atoms with Crippen molar-refractivity contribution in [2.45, 2.75) is 284 Å². The van der Waals surface area contributed by atoms with Crippen LogP contribution in [0.3, 0.4) is 0 Å². The zero-order chi connectivity index (χ0) is 35.1. The van der Waals surface area contributed by atoms with E-state index in [1.807, 2.05) is 0 Å². The van der Waals surface area contributed by atoms with E-state index in [2.05, 4.69) is 42.3 Å². The minimum atomic E-state index is 1.23. The second-order valence-electron chi connectivity index (χ2n) is 16.2. The highest BCUT2D eigenvalue weighted by Crippen LogP contribution is 2.16. The Labute approximate surface area is 310 Å². The fraction of sp³-hybridized carbons (Fsp3) is 0.936. The summed E-state index contributed by atoms with van der Waals surface area (Å²) >= 11 is 0. The van der Waals surface area contributed by atoms with Crippen LogP contribution in [0, 0.1) is 0 Å². The van der Waals surface area contributed by atoms with Crippen LogP contribution in [0.1, 0.15) is 271 Å². The molecular weight excluding hydrogens is 593 g/mol. The van der Waals surface area contributed by atoms with Gasteiger partial charge in [0.2, 0.25) is 0 Å². The molecule has 0 aliphatic carbocycles. The van der Waals surface area contributed by atoms with E-state index in [9.17, 15) is 0 Å². The number of hydrogen-bond donors (Lipinski definition) is 0. The molecule has 0 saturated heterocycles. The summed E-state index contributed by atoms with van der Waals surface area (Å²) in [5.74, 6) is 1.63. The van der Waals surface area contributed by atoms with Crippen LogP contribution in [0.15, 0.2) is 12.4 Å². The lowest BCUT2D eigenvalue weighted by Gasteiger charge is -2.07. The molecule has 0 radical (unpaired) electrons. The Morgan fingerprint density at radius 1 is 0.347 bits per heavy atom. The highest BCUT2D eigenvalue weighted by Gasteiger charge is 2.16. The average molecular weight is 686 g/mol. The molecule has 0 amide bonds. The van der Waals surface area contributed by atoms with Gasteiger partial charge in [0, 0.05) is 6.42 Å². The van der Waals surface area contributed by atoms with Crippen LogP contribution in [0.4, 0.5) is 0 Å². The Bertz CT molecular complexity index is 751. The Kier molecular flexibility index (Phi) is 36.3. The minimum Gasteiger partial charge on any atom is -0.234 e. The first-order chi connectivity index (χ1) is 24.3. The molecule has 2 heteroatoms. The molecular formula is C47H93N2+. The molecule has 0 spiro atoms. The monoisotopic (exact) mass is 686 g/mol. The first-order valence-electron chi connectivity index (χ1n) is 23.4. The quantitative estimate of drug-likeness (QED) is 0.0479. The third-order valence-corrected chi connectivity index (χ3v) is 11.3. The fourth-order valence-electron chi connectivity index (χ4n) is 7.92. The van der Waals surface area contributed by atoms with Gasteiger partial charge in [-0.05, 0) is 32.1 Å². The van der Waals surface area contributed by atoms with Gasteiger partial charge >= 0.3 is 0 Å².